The highest BCUT2D eigenvalue weighted by atomic mass is 32.1. The summed E-state index contributed by atoms with van der Waals surface area (Å²) in [4.78, 5) is 1.29. The van der Waals surface area contributed by atoms with Crippen molar-refractivity contribution in [1.82, 2.24) is 0 Å². The van der Waals surface area contributed by atoms with E-state index in [4.69, 9.17) is 10.5 Å². The SMILES string of the molecule is CC(C)(CN)CCOCc1cccs1. The van der Waals surface area contributed by atoms with Gasteiger partial charge in [-0.15, -0.1) is 11.3 Å². The zero-order valence-corrected chi connectivity index (χ0v) is 9.77. The second-order valence-corrected chi connectivity index (χ2v) is 5.28. The summed E-state index contributed by atoms with van der Waals surface area (Å²) in [5, 5.41) is 2.07. The Morgan fingerprint density at radius 3 is 2.86 bits per heavy atom. The van der Waals surface area contributed by atoms with Crippen molar-refractivity contribution < 1.29 is 4.74 Å². The number of hydrogen-bond acceptors (Lipinski definition) is 3. The van der Waals surface area contributed by atoms with Crippen LogP contribution in [-0.2, 0) is 11.3 Å². The van der Waals surface area contributed by atoms with Crippen LogP contribution in [0.25, 0.3) is 0 Å². The lowest BCUT2D eigenvalue weighted by molar-refractivity contribution is 0.0957. The zero-order chi connectivity index (χ0) is 10.4. The first kappa shape index (κ1) is 11.7. The predicted molar refractivity (Wildman–Crippen MR) is 61.4 cm³/mol. The fourth-order valence-corrected chi connectivity index (χ4v) is 1.66. The molecule has 1 aromatic rings. The van der Waals surface area contributed by atoms with Gasteiger partial charge in [-0.3, -0.25) is 0 Å². The first-order chi connectivity index (χ1) is 6.64. The molecule has 2 nitrogen and oxygen atoms in total. The van der Waals surface area contributed by atoms with Crippen molar-refractivity contribution in [3.8, 4) is 0 Å². The maximum absolute atomic E-state index is 5.63. The van der Waals surface area contributed by atoms with E-state index in [1.165, 1.54) is 4.88 Å². The molecular weight excluding hydrogens is 194 g/mol. The molecule has 0 saturated carbocycles. The van der Waals surface area contributed by atoms with Crippen LogP contribution in [0.2, 0.25) is 0 Å². The highest BCUT2D eigenvalue weighted by Gasteiger charge is 2.14. The Morgan fingerprint density at radius 2 is 2.29 bits per heavy atom. The minimum atomic E-state index is 0.204. The second kappa shape index (κ2) is 5.49. The van der Waals surface area contributed by atoms with Crippen molar-refractivity contribution in [3.63, 3.8) is 0 Å². The molecule has 1 heterocycles. The van der Waals surface area contributed by atoms with Gasteiger partial charge in [0.25, 0.3) is 0 Å². The minimum Gasteiger partial charge on any atom is -0.376 e. The molecule has 0 aromatic carbocycles. The van der Waals surface area contributed by atoms with Gasteiger partial charge in [0.1, 0.15) is 0 Å². The molecule has 0 atom stereocenters. The van der Waals surface area contributed by atoms with Crippen molar-refractivity contribution in [1.29, 1.82) is 0 Å². The molecule has 14 heavy (non-hydrogen) atoms. The van der Waals surface area contributed by atoms with E-state index in [2.05, 4.69) is 25.3 Å². The molecule has 0 radical (unpaired) electrons. The van der Waals surface area contributed by atoms with Gasteiger partial charge in [-0.1, -0.05) is 19.9 Å². The molecule has 80 valence electrons. The third kappa shape index (κ3) is 4.22. The molecule has 3 heteroatoms. The summed E-state index contributed by atoms with van der Waals surface area (Å²) in [5.74, 6) is 0. The summed E-state index contributed by atoms with van der Waals surface area (Å²) in [6, 6.07) is 4.14. The van der Waals surface area contributed by atoms with Crippen LogP contribution in [-0.4, -0.2) is 13.2 Å². The second-order valence-electron chi connectivity index (χ2n) is 4.25. The molecule has 0 spiro atoms. The summed E-state index contributed by atoms with van der Waals surface area (Å²) >= 11 is 1.74. The van der Waals surface area contributed by atoms with E-state index in [1.54, 1.807) is 11.3 Å². The first-order valence-corrected chi connectivity index (χ1v) is 5.82. The average Bonchev–Trinajstić information content (AvgIpc) is 2.65. The summed E-state index contributed by atoms with van der Waals surface area (Å²) in [6.45, 7) is 6.58. The molecule has 2 N–H and O–H groups in total. The van der Waals surface area contributed by atoms with E-state index in [1.807, 2.05) is 6.07 Å². The maximum Gasteiger partial charge on any atom is 0.0809 e. The molecule has 0 fully saturated rings. The topological polar surface area (TPSA) is 35.2 Å². The highest BCUT2D eigenvalue weighted by molar-refractivity contribution is 7.09. The molecule has 0 bridgehead atoms. The summed E-state index contributed by atoms with van der Waals surface area (Å²) in [7, 11) is 0. The van der Waals surface area contributed by atoms with Crippen molar-refractivity contribution >= 4 is 11.3 Å². The monoisotopic (exact) mass is 213 g/mol. The Kier molecular flexibility index (Phi) is 4.58. The van der Waals surface area contributed by atoms with Crippen LogP contribution in [0, 0.1) is 5.41 Å². The molecule has 0 saturated heterocycles. The number of rotatable bonds is 6. The van der Waals surface area contributed by atoms with Crippen molar-refractivity contribution in [2.24, 2.45) is 11.1 Å². The van der Waals surface area contributed by atoms with Crippen LogP contribution >= 0.6 is 11.3 Å². The van der Waals surface area contributed by atoms with E-state index in [0.29, 0.717) is 0 Å². The summed E-state index contributed by atoms with van der Waals surface area (Å²) in [5.41, 5.74) is 5.83. The average molecular weight is 213 g/mol. The molecule has 0 aliphatic carbocycles. The number of thiophene rings is 1. The normalized spacial score (nSPS) is 11.9. The molecular formula is C11H19NOS. The van der Waals surface area contributed by atoms with Crippen molar-refractivity contribution in [2.75, 3.05) is 13.2 Å². The lowest BCUT2D eigenvalue weighted by Gasteiger charge is -2.21. The Morgan fingerprint density at radius 1 is 1.50 bits per heavy atom. The van der Waals surface area contributed by atoms with E-state index in [9.17, 15) is 0 Å². The standard InChI is InChI=1S/C11H19NOS/c1-11(2,9-12)5-6-13-8-10-4-3-7-14-10/h3-4,7H,5-6,8-9,12H2,1-2H3. The molecule has 0 unspecified atom stereocenters. The van der Waals surface area contributed by atoms with Gasteiger partial charge in [-0.2, -0.15) is 0 Å². The third-order valence-electron chi connectivity index (χ3n) is 2.30. The molecule has 0 aliphatic heterocycles. The van der Waals surface area contributed by atoms with Crippen LogP contribution in [0.1, 0.15) is 25.1 Å². The van der Waals surface area contributed by atoms with E-state index < -0.39 is 0 Å². The zero-order valence-electron chi connectivity index (χ0n) is 8.95. The van der Waals surface area contributed by atoms with Gasteiger partial charge in [0, 0.05) is 11.5 Å². The van der Waals surface area contributed by atoms with Crippen LogP contribution in [0.4, 0.5) is 0 Å². The van der Waals surface area contributed by atoms with Gasteiger partial charge in [-0.25, -0.2) is 0 Å². The van der Waals surface area contributed by atoms with Crippen molar-refractivity contribution in [3.05, 3.63) is 22.4 Å². The van der Waals surface area contributed by atoms with Crippen LogP contribution < -0.4 is 5.73 Å². The molecule has 0 aliphatic rings. The fraction of sp³-hybridized carbons (Fsp3) is 0.636. The third-order valence-corrected chi connectivity index (χ3v) is 3.15. The molecule has 1 rings (SSSR count). The Hall–Kier alpha value is -0.380. The predicted octanol–water partition coefficient (Wildman–Crippen LogP) is 2.64. The largest absolute Gasteiger partial charge is 0.376 e. The van der Waals surface area contributed by atoms with Gasteiger partial charge in [0.2, 0.25) is 0 Å². The summed E-state index contributed by atoms with van der Waals surface area (Å²) in [6.07, 6.45) is 1.02. The van der Waals surface area contributed by atoms with Gasteiger partial charge >= 0.3 is 0 Å². The minimum absolute atomic E-state index is 0.204. The highest BCUT2D eigenvalue weighted by Crippen LogP contribution is 2.18. The molecule has 0 amide bonds. The number of hydrogen-bond donors (Lipinski definition) is 1. The Labute approximate surface area is 90.1 Å². The van der Waals surface area contributed by atoms with Crippen LogP contribution in [0.5, 0.6) is 0 Å². The van der Waals surface area contributed by atoms with E-state index in [-0.39, 0.29) is 5.41 Å². The summed E-state index contributed by atoms with van der Waals surface area (Å²) < 4.78 is 5.57. The smallest absolute Gasteiger partial charge is 0.0809 e. The van der Waals surface area contributed by atoms with Crippen molar-refractivity contribution in [2.45, 2.75) is 26.9 Å². The van der Waals surface area contributed by atoms with Crippen LogP contribution in [0.15, 0.2) is 17.5 Å². The maximum atomic E-state index is 5.63. The Balaban J connectivity index is 2.11. The van der Waals surface area contributed by atoms with Gasteiger partial charge < -0.3 is 10.5 Å². The van der Waals surface area contributed by atoms with Crippen LogP contribution in [0.3, 0.4) is 0 Å². The van der Waals surface area contributed by atoms with Gasteiger partial charge in [0.15, 0.2) is 0 Å². The van der Waals surface area contributed by atoms with E-state index in [0.717, 1.165) is 26.2 Å². The van der Waals surface area contributed by atoms with E-state index >= 15 is 0 Å². The fourth-order valence-electron chi connectivity index (χ4n) is 1.02. The van der Waals surface area contributed by atoms with Gasteiger partial charge in [-0.05, 0) is 29.8 Å². The first-order valence-electron chi connectivity index (χ1n) is 4.94. The number of nitrogens with two attached hydrogens (primary N) is 1. The quantitative estimate of drug-likeness (QED) is 0.737. The lowest BCUT2D eigenvalue weighted by atomic mass is 9.90. The molecule has 1 aromatic heterocycles. The Bertz CT molecular complexity index is 244. The van der Waals surface area contributed by atoms with Gasteiger partial charge in [0.05, 0.1) is 6.61 Å². The number of ether oxygens (including phenoxy) is 1. The lowest BCUT2D eigenvalue weighted by Crippen LogP contribution is -2.25.